The Morgan fingerprint density at radius 1 is 1.15 bits per heavy atom. The molecule has 0 bridgehead atoms. The third kappa shape index (κ3) is 6.25. The summed E-state index contributed by atoms with van der Waals surface area (Å²) in [6, 6.07) is 15.8. The van der Waals surface area contributed by atoms with Gasteiger partial charge < -0.3 is 16.0 Å². The van der Waals surface area contributed by atoms with Crippen molar-refractivity contribution in [2.45, 2.75) is 52.1 Å². The largest absolute Gasteiger partial charge is 0.405 e. The molecule has 34 heavy (non-hydrogen) atoms. The highest BCUT2D eigenvalue weighted by Crippen LogP contribution is 2.22. The number of hydrogen-bond donors (Lipinski definition) is 2. The first-order chi connectivity index (χ1) is 16.5. The van der Waals surface area contributed by atoms with Crippen LogP contribution in [0.4, 0.5) is 0 Å². The Balaban J connectivity index is 1.64. The van der Waals surface area contributed by atoms with Crippen molar-refractivity contribution < 1.29 is 0 Å². The molecule has 2 heterocycles. The van der Waals surface area contributed by atoms with Gasteiger partial charge in [0, 0.05) is 31.0 Å². The predicted octanol–water partition coefficient (Wildman–Crippen LogP) is 4.76. The van der Waals surface area contributed by atoms with Gasteiger partial charge in [0.2, 0.25) is 0 Å². The zero-order valence-corrected chi connectivity index (χ0v) is 20.5. The van der Waals surface area contributed by atoms with Gasteiger partial charge in [-0.25, -0.2) is 4.98 Å². The second kappa shape index (κ2) is 11.3. The normalized spacial score (nSPS) is 17.5. The van der Waals surface area contributed by atoms with Crippen molar-refractivity contribution >= 4 is 5.57 Å². The fraction of sp³-hybridized carbons (Fsp3) is 0.345. The summed E-state index contributed by atoms with van der Waals surface area (Å²) in [4.78, 5) is 6.91. The highest BCUT2D eigenvalue weighted by molar-refractivity contribution is 5.74. The van der Waals surface area contributed by atoms with E-state index in [1.807, 2.05) is 19.3 Å². The number of aryl methyl sites for hydroxylation is 2. The molecule has 178 valence electrons. The first-order valence-corrected chi connectivity index (χ1v) is 12.3. The van der Waals surface area contributed by atoms with Gasteiger partial charge in [0.25, 0.3) is 0 Å². The van der Waals surface area contributed by atoms with Crippen LogP contribution in [0.3, 0.4) is 0 Å². The van der Waals surface area contributed by atoms with Crippen LogP contribution < -0.4 is 11.5 Å². The molecular weight excluding hydrogens is 418 g/mol. The van der Waals surface area contributed by atoms with Crippen molar-refractivity contribution in [3.05, 3.63) is 101 Å². The molecule has 3 aromatic rings. The van der Waals surface area contributed by atoms with E-state index in [1.54, 1.807) is 6.20 Å². The number of allylic oxidation sites excluding steroid dienone is 3. The molecule has 1 fully saturated rings. The number of benzene rings is 2. The molecule has 4 N–H and O–H groups in total. The van der Waals surface area contributed by atoms with Gasteiger partial charge in [-0.05, 0) is 91.4 Å². The number of rotatable bonds is 8. The average molecular weight is 456 g/mol. The lowest BCUT2D eigenvalue weighted by molar-refractivity contribution is 0.201. The van der Waals surface area contributed by atoms with E-state index in [0.717, 1.165) is 55.9 Å². The molecule has 4 rings (SSSR count). The van der Waals surface area contributed by atoms with E-state index in [9.17, 15) is 0 Å². The minimum atomic E-state index is 0.278. The zero-order chi connectivity index (χ0) is 23.9. The molecule has 1 aromatic heterocycles. The third-order valence-corrected chi connectivity index (χ3v) is 6.50. The van der Waals surface area contributed by atoms with Gasteiger partial charge in [-0.1, -0.05) is 43.3 Å². The standard InChI is InChI=1S/C29H37N5/c1-3-23-6-4-7-27(15-23)26(11-12-30)10-9-24-14-25(19-33-13-5-8-28(31)20-33)17-29(16-24)34-18-22(2)32-21-34/h4,6-7,10-12,14-18,21,28H,3,5,8-9,13,19-20,30-31H2,1-2H3/b12-11-,26-10+. The van der Waals surface area contributed by atoms with Gasteiger partial charge >= 0.3 is 0 Å². The number of likely N-dealkylation sites (tertiary alicyclic amines) is 1. The minimum Gasteiger partial charge on any atom is -0.405 e. The molecule has 5 nitrogen and oxygen atoms in total. The number of nitrogens with two attached hydrogens (primary N) is 2. The third-order valence-electron chi connectivity index (χ3n) is 6.50. The highest BCUT2D eigenvalue weighted by Gasteiger charge is 2.17. The lowest BCUT2D eigenvalue weighted by Gasteiger charge is -2.30. The van der Waals surface area contributed by atoms with E-state index < -0.39 is 0 Å². The van der Waals surface area contributed by atoms with E-state index in [0.29, 0.717) is 0 Å². The van der Waals surface area contributed by atoms with Crippen molar-refractivity contribution in [3.8, 4) is 5.69 Å². The topological polar surface area (TPSA) is 73.1 Å². The van der Waals surface area contributed by atoms with Crippen LogP contribution in [0.25, 0.3) is 11.3 Å². The lowest BCUT2D eigenvalue weighted by atomic mass is 9.98. The summed E-state index contributed by atoms with van der Waals surface area (Å²) in [7, 11) is 0. The van der Waals surface area contributed by atoms with Crippen molar-refractivity contribution in [1.29, 1.82) is 0 Å². The van der Waals surface area contributed by atoms with Crippen LogP contribution >= 0.6 is 0 Å². The maximum absolute atomic E-state index is 6.24. The van der Waals surface area contributed by atoms with Gasteiger partial charge in [-0.15, -0.1) is 0 Å². The lowest BCUT2D eigenvalue weighted by Crippen LogP contribution is -2.42. The Morgan fingerprint density at radius 2 is 2.00 bits per heavy atom. The molecule has 0 radical (unpaired) electrons. The van der Waals surface area contributed by atoms with Crippen LogP contribution in [0.2, 0.25) is 0 Å². The van der Waals surface area contributed by atoms with Crippen LogP contribution in [-0.4, -0.2) is 33.6 Å². The van der Waals surface area contributed by atoms with Crippen molar-refractivity contribution in [2.75, 3.05) is 13.1 Å². The average Bonchev–Trinajstić information content (AvgIpc) is 3.28. The molecule has 0 aliphatic carbocycles. The summed E-state index contributed by atoms with van der Waals surface area (Å²) in [5.74, 6) is 0. The molecule has 1 unspecified atom stereocenters. The molecular formula is C29H37N5. The summed E-state index contributed by atoms with van der Waals surface area (Å²) >= 11 is 0. The predicted molar refractivity (Wildman–Crippen MR) is 142 cm³/mol. The number of hydrogen-bond acceptors (Lipinski definition) is 4. The molecule has 2 aromatic carbocycles. The van der Waals surface area contributed by atoms with Crippen LogP contribution in [0, 0.1) is 6.92 Å². The Morgan fingerprint density at radius 3 is 2.74 bits per heavy atom. The molecule has 5 heteroatoms. The van der Waals surface area contributed by atoms with E-state index >= 15 is 0 Å². The van der Waals surface area contributed by atoms with Crippen LogP contribution in [-0.2, 0) is 19.4 Å². The van der Waals surface area contributed by atoms with E-state index in [2.05, 4.69) is 76.1 Å². The van der Waals surface area contributed by atoms with Gasteiger partial charge in [-0.3, -0.25) is 4.90 Å². The second-order valence-electron chi connectivity index (χ2n) is 9.34. The van der Waals surface area contributed by atoms with Crippen LogP contribution in [0.15, 0.2) is 73.3 Å². The van der Waals surface area contributed by atoms with E-state index in [1.165, 1.54) is 28.7 Å². The Hall–Kier alpha value is -3.15. The molecule has 0 saturated carbocycles. The number of imidazole rings is 1. The van der Waals surface area contributed by atoms with Crippen molar-refractivity contribution in [2.24, 2.45) is 11.5 Å². The second-order valence-corrected chi connectivity index (χ2v) is 9.34. The van der Waals surface area contributed by atoms with Crippen LogP contribution in [0.5, 0.6) is 0 Å². The van der Waals surface area contributed by atoms with Crippen molar-refractivity contribution in [3.63, 3.8) is 0 Å². The van der Waals surface area contributed by atoms with Crippen LogP contribution in [0.1, 0.15) is 47.7 Å². The Kier molecular flexibility index (Phi) is 7.99. The quantitative estimate of drug-likeness (QED) is 0.480. The number of nitrogens with zero attached hydrogens (tertiary/aromatic N) is 3. The maximum Gasteiger partial charge on any atom is 0.0995 e. The monoisotopic (exact) mass is 455 g/mol. The first kappa shape index (κ1) is 24.0. The molecule has 0 amide bonds. The zero-order valence-electron chi connectivity index (χ0n) is 20.5. The number of piperidine rings is 1. The smallest absolute Gasteiger partial charge is 0.0995 e. The fourth-order valence-corrected chi connectivity index (χ4v) is 4.74. The van der Waals surface area contributed by atoms with Crippen molar-refractivity contribution in [1.82, 2.24) is 14.5 Å². The van der Waals surface area contributed by atoms with Gasteiger partial charge in [0.05, 0.1) is 12.0 Å². The molecule has 0 spiro atoms. The summed E-state index contributed by atoms with van der Waals surface area (Å²) in [5.41, 5.74) is 20.5. The fourth-order valence-electron chi connectivity index (χ4n) is 4.74. The SMILES string of the molecule is CCc1cccc(C(/C=C\N)=C/Cc2cc(CN3CCCC(N)C3)cc(-n3cnc(C)c3)c2)c1. The molecule has 1 aliphatic heterocycles. The minimum absolute atomic E-state index is 0.278. The van der Waals surface area contributed by atoms with E-state index in [4.69, 9.17) is 11.5 Å². The number of aromatic nitrogens is 2. The van der Waals surface area contributed by atoms with Gasteiger partial charge in [-0.2, -0.15) is 0 Å². The summed E-state index contributed by atoms with van der Waals surface area (Å²) in [6.07, 6.45) is 14.0. The Bertz CT molecular complexity index is 1160. The Labute approximate surface area is 203 Å². The van der Waals surface area contributed by atoms with E-state index in [-0.39, 0.29) is 6.04 Å². The molecule has 1 aliphatic rings. The maximum atomic E-state index is 6.24. The summed E-state index contributed by atoms with van der Waals surface area (Å²) in [5, 5.41) is 0. The van der Waals surface area contributed by atoms with Gasteiger partial charge in [0.1, 0.15) is 0 Å². The molecule has 1 atom stereocenters. The van der Waals surface area contributed by atoms with Gasteiger partial charge in [0.15, 0.2) is 0 Å². The first-order valence-electron chi connectivity index (χ1n) is 12.3. The summed E-state index contributed by atoms with van der Waals surface area (Å²) < 4.78 is 2.11. The molecule has 1 saturated heterocycles. The summed E-state index contributed by atoms with van der Waals surface area (Å²) in [6.45, 7) is 7.19. The highest BCUT2D eigenvalue weighted by atomic mass is 15.1.